The van der Waals surface area contributed by atoms with Crippen LogP contribution in [0.15, 0.2) is 54.6 Å². The van der Waals surface area contributed by atoms with Crippen molar-refractivity contribution in [2.75, 3.05) is 37.0 Å². The van der Waals surface area contributed by atoms with Gasteiger partial charge in [0.25, 0.3) is 0 Å². The highest BCUT2D eigenvalue weighted by atomic mass is 32.1. The van der Waals surface area contributed by atoms with E-state index in [1.54, 1.807) is 0 Å². The Labute approximate surface area is 149 Å². The van der Waals surface area contributed by atoms with Gasteiger partial charge in [-0.1, -0.05) is 30.3 Å². The molecule has 2 rings (SSSR count). The number of benzene rings is 2. The summed E-state index contributed by atoms with van der Waals surface area (Å²) in [5.74, 6) is 0.813. The van der Waals surface area contributed by atoms with E-state index in [4.69, 9.17) is 17.0 Å². The number of nitrogens with zero attached hydrogens (tertiary/aromatic N) is 1. The lowest BCUT2D eigenvalue weighted by molar-refractivity contribution is 0.342. The smallest absolute Gasteiger partial charge is 0.170 e. The highest BCUT2D eigenvalue weighted by Crippen LogP contribution is 2.23. The lowest BCUT2D eigenvalue weighted by atomic mass is 10.3. The summed E-state index contributed by atoms with van der Waals surface area (Å²) in [6.07, 6.45) is 1.00. The largest absolute Gasteiger partial charge is 0.492 e. The molecule has 0 radical (unpaired) electrons. The number of hydrogen-bond donors (Lipinski definition) is 2. The van der Waals surface area contributed by atoms with E-state index in [0.29, 0.717) is 11.7 Å². The third-order valence-electron chi connectivity index (χ3n) is 3.59. The molecule has 0 aromatic heterocycles. The summed E-state index contributed by atoms with van der Waals surface area (Å²) >= 11 is 5.36. The average Bonchev–Trinajstić information content (AvgIpc) is 2.61. The van der Waals surface area contributed by atoms with Crippen molar-refractivity contribution in [3.63, 3.8) is 0 Å². The van der Waals surface area contributed by atoms with Crippen LogP contribution in [-0.2, 0) is 0 Å². The lowest BCUT2D eigenvalue weighted by Crippen LogP contribution is -2.31. The normalized spacial score (nSPS) is 10.1. The average molecular weight is 343 g/mol. The minimum Gasteiger partial charge on any atom is -0.492 e. The van der Waals surface area contributed by atoms with Crippen LogP contribution in [0.5, 0.6) is 5.75 Å². The Bertz CT molecular complexity index is 634. The van der Waals surface area contributed by atoms with Gasteiger partial charge in [-0.15, -0.1) is 0 Å². The predicted molar refractivity (Wildman–Crippen MR) is 106 cm³/mol. The van der Waals surface area contributed by atoms with E-state index < -0.39 is 0 Å². The van der Waals surface area contributed by atoms with Crippen LogP contribution in [0.1, 0.15) is 13.3 Å². The van der Waals surface area contributed by atoms with Gasteiger partial charge in [0.15, 0.2) is 5.11 Å². The van der Waals surface area contributed by atoms with Crippen LogP contribution in [0.3, 0.4) is 0 Å². The van der Waals surface area contributed by atoms with Crippen LogP contribution in [0.4, 0.5) is 11.4 Å². The van der Waals surface area contributed by atoms with Crippen molar-refractivity contribution in [2.45, 2.75) is 13.3 Å². The molecule has 0 aliphatic heterocycles. The molecule has 128 valence electrons. The second kappa shape index (κ2) is 9.78. The lowest BCUT2D eigenvalue weighted by Gasteiger charge is -2.19. The van der Waals surface area contributed by atoms with Crippen LogP contribution in [0, 0.1) is 0 Å². The molecule has 0 aliphatic rings. The molecule has 0 spiro atoms. The monoisotopic (exact) mass is 343 g/mol. The quantitative estimate of drug-likeness (QED) is 0.562. The Morgan fingerprint density at radius 1 is 1.08 bits per heavy atom. The van der Waals surface area contributed by atoms with E-state index in [9.17, 15) is 0 Å². The third kappa shape index (κ3) is 5.74. The van der Waals surface area contributed by atoms with Crippen LogP contribution in [0.25, 0.3) is 0 Å². The molecule has 0 fully saturated rings. The van der Waals surface area contributed by atoms with Gasteiger partial charge in [0.05, 0.1) is 12.3 Å². The third-order valence-corrected chi connectivity index (χ3v) is 3.83. The molecule has 2 aromatic carbocycles. The fourth-order valence-corrected chi connectivity index (χ4v) is 2.56. The Balaban J connectivity index is 1.72. The summed E-state index contributed by atoms with van der Waals surface area (Å²) in [4.78, 5) is 2.24. The Hall–Kier alpha value is -2.27. The highest BCUT2D eigenvalue weighted by molar-refractivity contribution is 7.80. The standard InChI is InChI=1S/C19H25N3OS/c1-3-23-18-13-8-7-12-17(18)21-19(24)20-14-9-15-22(2)16-10-5-4-6-11-16/h4-8,10-13H,3,9,14-15H2,1-2H3,(H2,20,21,24). The van der Waals surface area contributed by atoms with Crippen molar-refractivity contribution in [1.82, 2.24) is 5.32 Å². The topological polar surface area (TPSA) is 36.5 Å². The second-order valence-corrected chi connectivity index (χ2v) is 5.83. The zero-order valence-electron chi connectivity index (χ0n) is 14.3. The van der Waals surface area contributed by atoms with Gasteiger partial charge >= 0.3 is 0 Å². The summed E-state index contributed by atoms with van der Waals surface area (Å²) in [5, 5.41) is 7.06. The number of para-hydroxylation sites is 3. The molecule has 0 unspecified atom stereocenters. The molecule has 2 N–H and O–H groups in total. The summed E-state index contributed by atoms with van der Waals surface area (Å²) < 4.78 is 5.59. The Morgan fingerprint density at radius 3 is 2.54 bits per heavy atom. The second-order valence-electron chi connectivity index (χ2n) is 5.42. The van der Waals surface area contributed by atoms with E-state index in [0.717, 1.165) is 30.9 Å². The molecule has 0 saturated heterocycles. The fraction of sp³-hybridized carbons (Fsp3) is 0.316. The molecule has 0 bridgehead atoms. The number of ether oxygens (including phenoxy) is 1. The van der Waals surface area contributed by atoms with Gasteiger partial charge < -0.3 is 20.3 Å². The van der Waals surface area contributed by atoms with Crippen molar-refractivity contribution in [3.8, 4) is 5.75 Å². The maximum Gasteiger partial charge on any atom is 0.170 e. The minimum atomic E-state index is 0.615. The molecule has 5 heteroatoms. The van der Waals surface area contributed by atoms with Gasteiger partial charge in [-0.3, -0.25) is 0 Å². The van der Waals surface area contributed by atoms with Gasteiger partial charge in [0, 0.05) is 25.8 Å². The highest BCUT2D eigenvalue weighted by Gasteiger charge is 2.04. The molecular formula is C19H25N3OS. The number of nitrogens with one attached hydrogen (secondary N) is 2. The van der Waals surface area contributed by atoms with Crippen LogP contribution in [-0.4, -0.2) is 31.9 Å². The van der Waals surface area contributed by atoms with E-state index in [2.05, 4.69) is 46.8 Å². The first-order valence-corrected chi connectivity index (χ1v) is 8.64. The summed E-state index contributed by atoms with van der Waals surface area (Å²) in [7, 11) is 2.10. The van der Waals surface area contributed by atoms with Crippen LogP contribution >= 0.6 is 12.2 Å². The molecule has 0 aliphatic carbocycles. The first-order chi connectivity index (χ1) is 11.7. The zero-order chi connectivity index (χ0) is 17.2. The first-order valence-electron chi connectivity index (χ1n) is 8.23. The van der Waals surface area contributed by atoms with Crippen molar-refractivity contribution >= 4 is 28.7 Å². The van der Waals surface area contributed by atoms with Crippen molar-refractivity contribution < 1.29 is 4.74 Å². The minimum absolute atomic E-state index is 0.615. The van der Waals surface area contributed by atoms with Gasteiger partial charge in [-0.2, -0.15) is 0 Å². The number of anilines is 2. The molecule has 0 amide bonds. The van der Waals surface area contributed by atoms with E-state index in [1.165, 1.54) is 5.69 Å². The van der Waals surface area contributed by atoms with Crippen LogP contribution in [0.2, 0.25) is 0 Å². The van der Waals surface area contributed by atoms with Crippen molar-refractivity contribution in [3.05, 3.63) is 54.6 Å². The molecule has 0 heterocycles. The Morgan fingerprint density at radius 2 is 1.79 bits per heavy atom. The molecule has 0 atom stereocenters. The summed E-state index contributed by atoms with van der Waals surface area (Å²) in [6, 6.07) is 18.2. The molecule has 2 aromatic rings. The molecular weight excluding hydrogens is 318 g/mol. The van der Waals surface area contributed by atoms with E-state index in [-0.39, 0.29) is 0 Å². The SMILES string of the molecule is CCOc1ccccc1NC(=S)NCCCN(C)c1ccccc1. The van der Waals surface area contributed by atoms with E-state index >= 15 is 0 Å². The van der Waals surface area contributed by atoms with Crippen LogP contribution < -0.4 is 20.3 Å². The van der Waals surface area contributed by atoms with Crippen molar-refractivity contribution in [1.29, 1.82) is 0 Å². The van der Waals surface area contributed by atoms with Gasteiger partial charge in [-0.05, 0) is 49.8 Å². The predicted octanol–water partition coefficient (Wildman–Crippen LogP) is 3.90. The maximum atomic E-state index is 5.59. The van der Waals surface area contributed by atoms with E-state index in [1.807, 2.05) is 37.3 Å². The first kappa shape index (κ1) is 18.1. The number of rotatable bonds is 8. The number of thiocarbonyl (C=S) groups is 1. The maximum absolute atomic E-state index is 5.59. The zero-order valence-corrected chi connectivity index (χ0v) is 15.1. The van der Waals surface area contributed by atoms with Gasteiger partial charge in [0.2, 0.25) is 0 Å². The molecule has 24 heavy (non-hydrogen) atoms. The van der Waals surface area contributed by atoms with Gasteiger partial charge in [0.1, 0.15) is 5.75 Å². The summed E-state index contributed by atoms with van der Waals surface area (Å²) in [5.41, 5.74) is 2.11. The number of hydrogen-bond acceptors (Lipinski definition) is 3. The fourth-order valence-electron chi connectivity index (χ4n) is 2.35. The van der Waals surface area contributed by atoms with Gasteiger partial charge in [-0.25, -0.2) is 0 Å². The molecule has 4 nitrogen and oxygen atoms in total. The summed E-state index contributed by atoms with van der Waals surface area (Å²) in [6.45, 7) is 4.39. The Kier molecular flexibility index (Phi) is 7.36. The molecule has 0 saturated carbocycles. The van der Waals surface area contributed by atoms with Crippen molar-refractivity contribution in [2.24, 2.45) is 0 Å².